The van der Waals surface area contributed by atoms with Crippen LogP contribution in [0, 0.1) is 6.92 Å². The van der Waals surface area contributed by atoms with Crippen molar-refractivity contribution in [3.63, 3.8) is 0 Å². The third-order valence-electron chi connectivity index (χ3n) is 4.14. The van der Waals surface area contributed by atoms with Gasteiger partial charge < -0.3 is 10.1 Å². The lowest BCUT2D eigenvalue weighted by atomic mass is 10.1. The van der Waals surface area contributed by atoms with Gasteiger partial charge in [-0.15, -0.1) is 0 Å². The number of hydrogen-bond donors (Lipinski definition) is 1. The Morgan fingerprint density at radius 1 is 1.11 bits per heavy atom. The van der Waals surface area contributed by atoms with Crippen LogP contribution in [-0.2, 0) is 25.8 Å². The molecule has 2 aromatic rings. The van der Waals surface area contributed by atoms with Crippen molar-refractivity contribution in [2.24, 2.45) is 0 Å². The van der Waals surface area contributed by atoms with Gasteiger partial charge in [0.1, 0.15) is 0 Å². The largest absolute Gasteiger partial charge is 0.449 e. The molecule has 27 heavy (non-hydrogen) atoms. The number of carbonyl (C=O) groups is 2. The zero-order valence-corrected chi connectivity index (χ0v) is 16.6. The van der Waals surface area contributed by atoms with Crippen LogP contribution >= 0.6 is 0 Å². The van der Waals surface area contributed by atoms with E-state index >= 15 is 0 Å². The molecule has 1 N–H and O–H groups in total. The van der Waals surface area contributed by atoms with E-state index in [2.05, 4.69) is 5.32 Å². The minimum Gasteiger partial charge on any atom is -0.449 e. The Bertz CT molecular complexity index is 949. The van der Waals surface area contributed by atoms with Gasteiger partial charge in [-0.25, -0.2) is 13.2 Å². The van der Waals surface area contributed by atoms with E-state index in [4.69, 9.17) is 4.74 Å². The van der Waals surface area contributed by atoms with E-state index in [1.165, 1.54) is 25.1 Å². The minimum absolute atomic E-state index is 0.0215. The van der Waals surface area contributed by atoms with Crippen molar-refractivity contribution in [2.75, 3.05) is 11.6 Å². The molecule has 0 fully saturated rings. The van der Waals surface area contributed by atoms with Crippen LogP contribution in [0.1, 0.15) is 35.3 Å². The number of anilines is 1. The SMILES string of the molecule is CCc1ccc(NC(=O)[C@@H](C)OC(=O)c2cc(S(C)(=O)=O)ccc2C)cc1. The van der Waals surface area contributed by atoms with E-state index < -0.39 is 27.8 Å². The third kappa shape index (κ3) is 5.40. The molecule has 2 aromatic carbocycles. The van der Waals surface area contributed by atoms with Crippen LogP contribution in [0.15, 0.2) is 47.4 Å². The summed E-state index contributed by atoms with van der Waals surface area (Å²) in [5, 5.41) is 2.69. The first kappa shape index (κ1) is 20.6. The second-order valence-electron chi connectivity index (χ2n) is 6.34. The Balaban J connectivity index is 2.09. The van der Waals surface area contributed by atoms with E-state index in [-0.39, 0.29) is 10.5 Å². The van der Waals surface area contributed by atoms with Crippen LogP contribution in [0.5, 0.6) is 0 Å². The minimum atomic E-state index is -3.45. The fourth-order valence-electron chi connectivity index (χ4n) is 2.40. The number of sulfone groups is 1. The van der Waals surface area contributed by atoms with Crippen LogP contribution in [0.4, 0.5) is 5.69 Å². The lowest BCUT2D eigenvalue weighted by Crippen LogP contribution is -2.30. The summed E-state index contributed by atoms with van der Waals surface area (Å²) in [6.45, 7) is 5.17. The summed E-state index contributed by atoms with van der Waals surface area (Å²) in [4.78, 5) is 24.7. The Kier molecular flexibility index (Phi) is 6.38. The molecule has 144 valence electrons. The highest BCUT2D eigenvalue weighted by molar-refractivity contribution is 7.90. The first-order valence-corrected chi connectivity index (χ1v) is 10.4. The number of amides is 1. The molecule has 0 heterocycles. The van der Waals surface area contributed by atoms with Gasteiger partial charge >= 0.3 is 5.97 Å². The number of nitrogens with one attached hydrogen (secondary N) is 1. The molecule has 0 radical (unpaired) electrons. The zero-order chi connectivity index (χ0) is 20.2. The average Bonchev–Trinajstić information content (AvgIpc) is 2.61. The average molecular weight is 389 g/mol. The van der Waals surface area contributed by atoms with E-state index in [0.29, 0.717) is 11.3 Å². The highest BCUT2D eigenvalue weighted by Gasteiger charge is 2.21. The fourth-order valence-corrected chi connectivity index (χ4v) is 3.04. The molecule has 0 saturated heterocycles. The number of esters is 1. The third-order valence-corrected chi connectivity index (χ3v) is 5.25. The van der Waals surface area contributed by atoms with Gasteiger partial charge in [0, 0.05) is 11.9 Å². The number of hydrogen-bond acceptors (Lipinski definition) is 5. The maximum atomic E-state index is 12.4. The van der Waals surface area contributed by atoms with Gasteiger partial charge in [0.25, 0.3) is 5.91 Å². The molecule has 2 rings (SSSR count). The van der Waals surface area contributed by atoms with Crippen molar-refractivity contribution in [3.8, 4) is 0 Å². The van der Waals surface area contributed by atoms with Crippen molar-refractivity contribution in [1.82, 2.24) is 0 Å². The lowest BCUT2D eigenvalue weighted by Gasteiger charge is -2.15. The van der Waals surface area contributed by atoms with Crippen LogP contribution in [0.3, 0.4) is 0 Å². The van der Waals surface area contributed by atoms with Crippen LogP contribution in [-0.4, -0.2) is 32.7 Å². The molecule has 0 aromatic heterocycles. The van der Waals surface area contributed by atoms with Crippen LogP contribution in [0.2, 0.25) is 0 Å². The first-order chi connectivity index (χ1) is 12.6. The predicted octanol–water partition coefficient (Wildman–Crippen LogP) is 3.14. The smallest absolute Gasteiger partial charge is 0.339 e. The van der Waals surface area contributed by atoms with Crippen molar-refractivity contribution in [2.45, 2.75) is 38.2 Å². The molecule has 0 aliphatic carbocycles. The molecule has 7 heteroatoms. The van der Waals surface area contributed by atoms with Crippen molar-refractivity contribution in [3.05, 3.63) is 59.2 Å². The molecular weight excluding hydrogens is 366 g/mol. The first-order valence-electron chi connectivity index (χ1n) is 8.53. The molecule has 1 amide bonds. The van der Waals surface area contributed by atoms with Crippen LogP contribution in [0.25, 0.3) is 0 Å². The Labute approximate surface area is 159 Å². The standard InChI is InChI=1S/C20H23NO5S/c1-5-15-7-9-16(10-8-15)21-19(22)14(3)26-20(23)18-12-17(27(4,24)25)11-6-13(18)2/h6-12,14H,5H2,1-4H3,(H,21,22)/t14-/m1/s1. The monoisotopic (exact) mass is 389 g/mol. The number of ether oxygens (including phenoxy) is 1. The van der Waals surface area contributed by atoms with Gasteiger partial charge in [-0.2, -0.15) is 0 Å². The van der Waals surface area contributed by atoms with Gasteiger partial charge in [-0.1, -0.05) is 25.1 Å². The summed E-state index contributed by atoms with van der Waals surface area (Å²) in [7, 11) is -3.45. The quantitative estimate of drug-likeness (QED) is 0.767. The number of carbonyl (C=O) groups excluding carboxylic acids is 2. The van der Waals surface area contributed by atoms with E-state index in [1.54, 1.807) is 19.1 Å². The summed E-state index contributed by atoms with van der Waals surface area (Å²) in [6, 6.07) is 11.6. The fraction of sp³-hybridized carbons (Fsp3) is 0.300. The summed E-state index contributed by atoms with van der Waals surface area (Å²) < 4.78 is 28.6. The van der Waals surface area contributed by atoms with Gasteiger partial charge in [0.2, 0.25) is 0 Å². The second-order valence-corrected chi connectivity index (χ2v) is 8.35. The second kappa shape index (κ2) is 8.35. The van der Waals surface area contributed by atoms with Gasteiger partial charge in [0.15, 0.2) is 15.9 Å². The van der Waals surface area contributed by atoms with Crippen LogP contribution < -0.4 is 5.32 Å². The molecule has 0 bridgehead atoms. The summed E-state index contributed by atoms with van der Waals surface area (Å²) >= 11 is 0. The maximum Gasteiger partial charge on any atom is 0.339 e. The van der Waals surface area contributed by atoms with Gasteiger partial charge in [-0.3, -0.25) is 4.79 Å². The van der Waals surface area contributed by atoms with E-state index in [1.807, 2.05) is 19.1 Å². The number of aryl methyl sites for hydroxylation is 2. The highest BCUT2D eigenvalue weighted by Crippen LogP contribution is 2.18. The molecular formula is C20H23NO5S. The van der Waals surface area contributed by atoms with E-state index in [0.717, 1.165) is 18.2 Å². The van der Waals surface area contributed by atoms with Crippen molar-refractivity contribution >= 4 is 27.4 Å². The normalized spacial score (nSPS) is 12.3. The molecule has 0 saturated carbocycles. The maximum absolute atomic E-state index is 12.4. The van der Waals surface area contributed by atoms with Crippen molar-refractivity contribution in [1.29, 1.82) is 0 Å². The van der Waals surface area contributed by atoms with Crippen molar-refractivity contribution < 1.29 is 22.7 Å². The Morgan fingerprint density at radius 2 is 1.74 bits per heavy atom. The summed E-state index contributed by atoms with van der Waals surface area (Å²) in [5.41, 5.74) is 2.43. The topological polar surface area (TPSA) is 89.5 Å². The molecule has 0 aliphatic rings. The van der Waals surface area contributed by atoms with E-state index in [9.17, 15) is 18.0 Å². The predicted molar refractivity (Wildman–Crippen MR) is 104 cm³/mol. The molecule has 6 nitrogen and oxygen atoms in total. The number of benzene rings is 2. The molecule has 0 spiro atoms. The van der Waals surface area contributed by atoms with Gasteiger partial charge in [-0.05, 0) is 55.7 Å². The molecule has 0 aliphatic heterocycles. The molecule has 1 atom stereocenters. The zero-order valence-electron chi connectivity index (χ0n) is 15.8. The number of rotatable bonds is 6. The Hall–Kier alpha value is -2.67. The molecule has 0 unspecified atom stereocenters. The lowest BCUT2D eigenvalue weighted by molar-refractivity contribution is -0.123. The summed E-state index contributed by atoms with van der Waals surface area (Å²) in [6.07, 6.45) is 0.922. The van der Waals surface area contributed by atoms with Gasteiger partial charge in [0.05, 0.1) is 10.5 Å². The Morgan fingerprint density at radius 3 is 2.30 bits per heavy atom. The highest BCUT2D eigenvalue weighted by atomic mass is 32.2. The summed E-state index contributed by atoms with van der Waals surface area (Å²) in [5.74, 6) is -1.22.